The monoisotopic (exact) mass is 639 g/mol. The van der Waals surface area contributed by atoms with Crippen LogP contribution in [0.5, 0.6) is 5.75 Å². The fourth-order valence-electron chi connectivity index (χ4n) is 3.64. The highest BCUT2D eigenvalue weighted by Crippen LogP contribution is 2.28. The van der Waals surface area contributed by atoms with Gasteiger partial charge in [0, 0.05) is 31.9 Å². The number of nitrogens with one attached hydrogen (secondary N) is 3. The molecule has 214 valence electrons. The highest BCUT2D eigenvalue weighted by atomic mass is 35.5. The zero-order valence-corrected chi connectivity index (χ0v) is 25.2. The van der Waals surface area contributed by atoms with Crippen molar-refractivity contribution < 1.29 is 19.1 Å². The van der Waals surface area contributed by atoms with E-state index in [2.05, 4.69) is 16.0 Å². The first-order valence-corrected chi connectivity index (χ1v) is 14.5. The third-order valence-electron chi connectivity index (χ3n) is 5.71. The van der Waals surface area contributed by atoms with Gasteiger partial charge in [0.05, 0.1) is 17.9 Å². The Balaban J connectivity index is 1.41. The number of hydrogen-bond acceptors (Lipinski definition) is 5. The molecule has 0 bridgehead atoms. The van der Waals surface area contributed by atoms with Crippen LogP contribution in [0.25, 0.3) is 6.08 Å². The van der Waals surface area contributed by atoms with Crippen LogP contribution in [0.1, 0.15) is 15.9 Å². The van der Waals surface area contributed by atoms with E-state index in [1.807, 2.05) is 0 Å². The van der Waals surface area contributed by atoms with Crippen molar-refractivity contribution in [1.82, 2.24) is 5.32 Å². The smallest absolute Gasteiger partial charge is 0.272 e. The molecular weight excluding hydrogens is 617 g/mol. The molecule has 0 aliphatic rings. The molecule has 11 heteroatoms. The number of carbonyl (C=O) groups excluding carboxylic acids is 3. The van der Waals surface area contributed by atoms with Crippen molar-refractivity contribution in [2.75, 3.05) is 23.5 Å². The normalized spacial score (nSPS) is 11.0. The predicted molar refractivity (Wildman–Crippen MR) is 171 cm³/mol. The van der Waals surface area contributed by atoms with Crippen molar-refractivity contribution in [1.29, 1.82) is 0 Å². The number of amides is 3. The van der Waals surface area contributed by atoms with E-state index in [9.17, 15) is 14.4 Å². The van der Waals surface area contributed by atoms with Crippen molar-refractivity contribution in [3.63, 3.8) is 0 Å². The van der Waals surface area contributed by atoms with Gasteiger partial charge in [-0.2, -0.15) is 0 Å². The van der Waals surface area contributed by atoms with Gasteiger partial charge in [0.1, 0.15) is 11.4 Å². The Morgan fingerprint density at radius 2 is 1.52 bits per heavy atom. The van der Waals surface area contributed by atoms with Gasteiger partial charge in [-0.3, -0.25) is 14.4 Å². The van der Waals surface area contributed by atoms with Crippen molar-refractivity contribution in [3.05, 3.63) is 123 Å². The summed E-state index contributed by atoms with van der Waals surface area (Å²) < 4.78 is 5.12. The average Bonchev–Trinajstić information content (AvgIpc) is 2.98. The van der Waals surface area contributed by atoms with E-state index >= 15 is 0 Å². The van der Waals surface area contributed by atoms with Gasteiger partial charge in [-0.15, -0.1) is 11.8 Å². The molecule has 42 heavy (non-hydrogen) atoms. The van der Waals surface area contributed by atoms with E-state index in [4.69, 9.17) is 39.5 Å². The van der Waals surface area contributed by atoms with Crippen LogP contribution >= 0.6 is 46.6 Å². The summed E-state index contributed by atoms with van der Waals surface area (Å²) >= 11 is 19.8. The number of hydrogen-bond donors (Lipinski definition) is 3. The molecule has 0 spiro atoms. The van der Waals surface area contributed by atoms with Gasteiger partial charge in [0.25, 0.3) is 11.8 Å². The summed E-state index contributed by atoms with van der Waals surface area (Å²) in [5.74, 6) is -0.530. The minimum atomic E-state index is -0.553. The third-order valence-corrected chi connectivity index (χ3v) is 7.58. The first kappa shape index (κ1) is 31.0. The highest BCUT2D eigenvalue weighted by molar-refractivity contribution is 8.00. The molecule has 0 unspecified atom stereocenters. The standard InChI is InChI=1S/C31H24Cl3N3O4S/c1-41-28-14-11-23(17-26(28)34)35-29(38)18-42-24-12-9-22(10-13-24)36-31(40)27(15-20-7-8-21(32)16-25(20)33)37-30(39)19-5-3-2-4-6-19/h2-17H,18H2,1H3,(H,35,38)(H,36,40)(H,37,39)/b27-15-. The zero-order valence-electron chi connectivity index (χ0n) is 22.1. The molecule has 0 radical (unpaired) electrons. The van der Waals surface area contributed by atoms with E-state index in [1.54, 1.807) is 91.0 Å². The van der Waals surface area contributed by atoms with Crippen LogP contribution in [-0.2, 0) is 9.59 Å². The summed E-state index contributed by atoms with van der Waals surface area (Å²) in [5, 5.41) is 9.41. The molecule has 0 aliphatic carbocycles. The van der Waals surface area contributed by atoms with Gasteiger partial charge in [0.2, 0.25) is 5.91 Å². The number of thioether (sulfide) groups is 1. The fraction of sp³-hybridized carbons (Fsp3) is 0.0645. The summed E-state index contributed by atoms with van der Waals surface area (Å²) in [6.07, 6.45) is 1.48. The molecule has 0 aliphatic heterocycles. The fourth-order valence-corrected chi connectivity index (χ4v) is 5.06. The Kier molecular flexibility index (Phi) is 10.9. The van der Waals surface area contributed by atoms with Crippen molar-refractivity contribution in [3.8, 4) is 5.75 Å². The second-order valence-electron chi connectivity index (χ2n) is 8.71. The third kappa shape index (κ3) is 8.77. The molecule has 3 N–H and O–H groups in total. The van der Waals surface area contributed by atoms with Crippen LogP contribution in [0.15, 0.2) is 102 Å². The van der Waals surface area contributed by atoms with E-state index in [0.29, 0.717) is 43.3 Å². The van der Waals surface area contributed by atoms with Gasteiger partial charge >= 0.3 is 0 Å². The zero-order chi connectivity index (χ0) is 30.1. The molecule has 0 atom stereocenters. The number of methoxy groups -OCH3 is 1. The highest BCUT2D eigenvalue weighted by Gasteiger charge is 2.16. The van der Waals surface area contributed by atoms with E-state index in [1.165, 1.54) is 24.9 Å². The van der Waals surface area contributed by atoms with Crippen LogP contribution in [0, 0.1) is 0 Å². The molecule has 0 aromatic heterocycles. The lowest BCUT2D eigenvalue weighted by molar-refractivity contribution is -0.114. The topological polar surface area (TPSA) is 96.5 Å². The van der Waals surface area contributed by atoms with Crippen molar-refractivity contribution in [2.45, 2.75) is 4.90 Å². The molecule has 0 saturated carbocycles. The first-order valence-electron chi connectivity index (χ1n) is 12.4. The Morgan fingerprint density at radius 1 is 0.810 bits per heavy atom. The van der Waals surface area contributed by atoms with Crippen LogP contribution in [0.3, 0.4) is 0 Å². The number of benzene rings is 4. The summed E-state index contributed by atoms with van der Waals surface area (Å²) in [7, 11) is 1.52. The molecule has 0 heterocycles. The average molecular weight is 641 g/mol. The maximum Gasteiger partial charge on any atom is 0.272 e. The minimum absolute atomic E-state index is 0.0122. The Hall–Kier alpha value is -3.95. The molecule has 7 nitrogen and oxygen atoms in total. The van der Waals surface area contributed by atoms with E-state index < -0.39 is 11.8 Å². The summed E-state index contributed by atoms with van der Waals surface area (Å²) in [4.78, 5) is 39.3. The molecule has 3 amide bonds. The number of halogens is 3. The maximum atomic E-state index is 13.3. The number of ether oxygens (including phenoxy) is 1. The Bertz CT molecular complexity index is 1630. The number of carbonyl (C=O) groups is 3. The predicted octanol–water partition coefficient (Wildman–Crippen LogP) is 7.80. The van der Waals surface area contributed by atoms with E-state index in [-0.39, 0.29) is 17.4 Å². The van der Waals surface area contributed by atoms with Gasteiger partial charge in [-0.25, -0.2) is 0 Å². The Morgan fingerprint density at radius 3 is 2.19 bits per heavy atom. The second-order valence-corrected chi connectivity index (χ2v) is 11.0. The molecule has 4 aromatic carbocycles. The summed E-state index contributed by atoms with van der Waals surface area (Å²) in [6, 6.07) is 25.3. The van der Waals surface area contributed by atoms with Crippen LogP contribution < -0.4 is 20.7 Å². The lowest BCUT2D eigenvalue weighted by Crippen LogP contribution is -2.30. The van der Waals surface area contributed by atoms with Gasteiger partial charge < -0.3 is 20.7 Å². The summed E-state index contributed by atoms with van der Waals surface area (Å²) in [5.41, 5.74) is 1.93. The van der Waals surface area contributed by atoms with Crippen LogP contribution in [0.4, 0.5) is 11.4 Å². The molecular formula is C31H24Cl3N3O4S. The molecule has 4 aromatic rings. The quantitative estimate of drug-likeness (QED) is 0.121. The molecule has 0 fully saturated rings. The lowest BCUT2D eigenvalue weighted by atomic mass is 10.1. The SMILES string of the molecule is COc1ccc(NC(=O)CSc2ccc(NC(=O)/C(=C/c3ccc(Cl)cc3Cl)NC(=O)c3ccccc3)cc2)cc1Cl. The largest absolute Gasteiger partial charge is 0.495 e. The van der Waals surface area contributed by atoms with Crippen LogP contribution in [0.2, 0.25) is 15.1 Å². The Labute approximate surface area is 262 Å². The number of anilines is 2. The molecule has 0 saturated heterocycles. The van der Waals surface area contributed by atoms with E-state index in [0.717, 1.165) is 4.90 Å². The second kappa shape index (κ2) is 14.8. The van der Waals surface area contributed by atoms with Gasteiger partial charge in [0.15, 0.2) is 0 Å². The van der Waals surface area contributed by atoms with Crippen molar-refractivity contribution >= 4 is 81.7 Å². The van der Waals surface area contributed by atoms with Gasteiger partial charge in [-0.05, 0) is 78.4 Å². The summed E-state index contributed by atoms with van der Waals surface area (Å²) in [6.45, 7) is 0. The lowest BCUT2D eigenvalue weighted by Gasteiger charge is -2.12. The number of rotatable bonds is 10. The first-order chi connectivity index (χ1) is 20.2. The van der Waals surface area contributed by atoms with Crippen molar-refractivity contribution in [2.24, 2.45) is 0 Å². The molecule has 4 rings (SSSR count). The van der Waals surface area contributed by atoms with Crippen LogP contribution in [-0.4, -0.2) is 30.6 Å². The maximum absolute atomic E-state index is 13.3. The minimum Gasteiger partial charge on any atom is -0.495 e. The van der Waals surface area contributed by atoms with Gasteiger partial charge in [-0.1, -0.05) is 59.1 Å².